The van der Waals surface area contributed by atoms with Gasteiger partial charge in [-0.25, -0.2) is 4.98 Å². The number of aryl methyl sites for hydroxylation is 1. The minimum atomic E-state index is -0.168. The Hall–Kier alpha value is -3.67. The number of benzene rings is 2. The first kappa shape index (κ1) is 18.1. The van der Waals surface area contributed by atoms with Gasteiger partial charge in [0, 0.05) is 23.9 Å². The maximum Gasteiger partial charge on any atom is 0.255 e. The fourth-order valence-electron chi connectivity index (χ4n) is 2.59. The van der Waals surface area contributed by atoms with Crippen molar-refractivity contribution < 1.29 is 9.59 Å². The Kier molecular flexibility index (Phi) is 5.47. The van der Waals surface area contributed by atoms with Gasteiger partial charge in [-0.1, -0.05) is 24.3 Å². The fourth-order valence-corrected chi connectivity index (χ4v) is 2.59. The predicted molar refractivity (Wildman–Crippen MR) is 107 cm³/mol. The van der Waals surface area contributed by atoms with Gasteiger partial charge in [-0.15, -0.1) is 0 Å². The molecule has 3 N–H and O–H groups in total. The highest BCUT2D eigenvalue weighted by Crippen LogP contribution is 2.20. The van der Waals surface area contributed by atoms with Crippen molar-refractivity contribution in [3.63, 3.8) is 0 Å². The van der Waals surface area contributed by atoms with Crippen molar-refractivity contribution in [3.8, 4) is 0 Å². The molecule has 6 heteroatoms. The Labute approximate surface area is 157 Å². The zero-order chi connectivity index (χ0) is 19.2. The normalized spacial score (nSPS) is 10.1. The van der Waals surface area contributed by atoms with Crippen molar-refractivity contribution in [2.45, 2.75) is 13.8 Å². The lowest BCUT2D eigenvalue weighted by molar-refractivity contribution is -0.114. The maximum absolute atomic E-state index is 12.3. The van der Waals surface area contributed by atoms with Gasteiger partial charge in [0.2, 0.25) is 5.91 Å². The van der Waals surface area contributed by atoms with Crippen LogP contribution in [0.5, 0.6) is 0 Å². The van der Waals surface area contributed by atoms with E-state index in [0.29, 0.717) is 22.8 Å². The second kappa shape index (κ2) is 8.14. The third-order valence-electron chi connectivity index (χ3n) is 3.87. The number of carbonyl (C=O) groups excluding carboxylic acids is 2. The van der Waals surface area contributed by atoms with Gasteiger partial charge in [0.1, 0.15) is 5.82 Å². The van der Waals surface area contributed by atoms with E-state index in [-0.39, 0.29) is 11.8 Å². The molecular weight excluding hydrogens is 340 g/mol. The predicted octanol–water partition coefficient (Wildman–Crippen LogP) is 4.34. The van der Waals surface area contributed by atoms with Crippen LogP contribution in [-0.4, -0.2) is 16.8 Å². The topological polar surface area (TPSA) is 83.1 Å². The summed E-state index contributed by atoms with van der Waals surface area (Å²) < 4.78 is 0. The van der Waals surface area contributed by atoms with Crippen LogP contribution in [0.25, 0.3) is 0 Å². The average Bonchev–Trinajstić information content (AvgIpc) is 2.63. The van der Waals surface area contributed by atoms with Gasteiger partial charge in [-0.05, 0) is 48.9 Å². The summed E-state index contributed by atoms with van der Waals surface area (Å²) in [6, 6.07) is 18.3. The van der Waals surface area contributed by atoms with Crippen LogP contribution in [0, 0.1) is 6.92 Å². The molecule has 6 nitrogen and oxygen atoms in total. The van der Waals surface area contributed by atoms with E-state index < -0.39 is 0 Å². The lowest BCUT2D eigenvalue weighted by atomic mass is 10.1. The molecule has 0 unspecified atom stereocenters. The van der Waals surface area contributed by atoms with Gasteiger partial charge in [-0.3, -0.25) is 9.59 Å². The molecule has 136 valence electrons. The molecule has 0 fully saturated rings. The molecule has 3 rings (SSSR count). The standard InChI is InChI=1S/C21H20N4O2/c1-14-6-3-4-9-19(14)21(27)25-18-10-11-20(22-13-18)24-17-8-5-7-16(12-17)23-15(2)26/h3-13H,1-2H3,(H,22,24)(H,23,26)(H,25,27). The summed E-state index contributed by atoms with van der Waals surface area (Å²) in [6.45, 7) is 3.36. The van der Waals surface area contributed by atoms with Crippen LogP contribution in [0.15, 0.2) is 66.9 Å². The van der Waals surface area contributed by atoms with Gasteiger partial charge in [0.05, 0.1) is 11.9 Å². The molecule has 2 amide bonds. The number of hydrogen-bond donors (Lipinski definition) is 3. The second-order valence-corrected chi connectivity index (χ2v) is 6.09. The van der Waals surface area contributed by atoms with Crippen molar-refractivity contribution in [1.82, 2.24) is 4.98 Å². The van der Waals surface area contributed by atoms with Crippen molar-refractivity contribution in [3.05, 3.63) is 78.0 Å². The minimum Gasteiger partial charge on any atom is -0.340 e. The molecular formula is C21H20N4O2. The maximum atomic E-state index is 12.3. The summed E-state index contributed by atoms with van der Waals surface area (Å²) >= 11 is 0. The Bertz CT molecular complexity index is 968. The van der Waals surface area contributed by atoms with Gasteiger partial charge in [0.25, 0.3) is 5.91 Å². The average molecular weight is 360 g/mol. The molecule has 0 aliphatic rings. The van der Waals surface area contributed by atoms with Crippen molar-refractivity contribution in [2.24, 2.45) is 0 Å². The van der Waals surface area contributed by atoms with E-state index in [1.165, 1.54) is 6.92 Å². The van der Waals surface area contributed by atoms with Gasteiger partial charge in [0.15, 0.2) is 0 Å². The van der Waals surface area contributed by atoms with E-state index in [9.17, 15) is 9.59 Å². The van der Waals surface area contributed by atoms with Gasteiger partial charge < -0.3 is 16.0 Å². The molecule has 0 saturated heterocycles. The number of pyridine rings is 1. The summed E-state index contributed by atoms with van der Waals surface area (Å²) in [6.07, 6.45) is 1.59. The fraction of sp³-hybridized carbons (Fsp3) is 0.0952. The van der Waals surface area contributed by atoms with Gasteiger partial charge in [-0.2, -0.15) is 0 Å². The summed E-state index contributed by atoms with van der Waals surface area (Å²) in [4.78, 5) is 27.8. The minimum absolute atomic E-state index is 0.126. The quantitative estimate of drug-likeness (QED) is 0.632. The number of amides is 2. The number of hydrogen-bond acceptors (Lipinski definition) is 4. The first-order valence-electron chi connectivity index (χ1n) is 8.49. The summed E-state index contributed by atoms with van der Waals surface area (Å²) in [5.74, 6) is 0.335. The van der Waals surface area contributed by atoms with E-state index in [2.05, 4.69) is 20.9 Å². The number of aromatic nitrogens is 1. The number of anilines is 4. The van der Waals surface area contributed by atoms with E-state index in [4.69, 9.17) is 0 Å². The molecule has 1 aromatic heterocycles. The molecule has 0 aliphatic carbocycles. The van der Waals surface area contributed by atoms with Crippen LogP contribution >= 0.6 is 0 Å². The Morgan fingerprint density at radius 3 is 2.33 bits per heavy atom. The SMILES string of the molecule is CC(=O)Nc1cccc(Nc2ccc(NC(=O)c3ccccc3C)cn2)c1. The highest BCUT2D eigenvalue weighted by atomic mass is 16.2. The molecule has 27 heavy (non-hydrogen) atoms. The number of carbonyl (C=O) groups is 2. The summed E-state index contributed by atoms with van der Waals surface area (Å²) in [5.41, 5.74) is 3.66. The first-order valence-corrected chi connectivity index (χ1v) is 8.49. The third-order valence-corrected chi connectivity index (χ3v) is 3.87. The molecule has 1 heterocycles. The monoisotopic (exact) mass is 360 g/mol. The van der Waals surface area contributed by atoms with Crippen molar-refractivity contribution in [1.29, 1.82) is 0 Å². The van der Waals surface area contributed by atoms with Crippen LogP contribution in [-0.2, 0) is 4.79 Å². The zero-order valence-corrected chi connectivity index (χ0v) is 15.1. The molecule has 0 atom stereocenters. The Morgan fingerprint density at radius 1 is 0.852 bits per heavy atom. The molecule has 0 aliphatic heterocycles. The summed E-state index contributed by atoms with van der Waals surface area (Å²) in [5, 5.41) is 8.74. The molecule has 0 spiro atoms. The zero-order valence-electron chi connectivity index (χ0n) is 15.1. The van der Waals surface area contributed by atoms with Gasteiger partial charge >= 0.3 is 0 Å². The van der Waals surface area contributed by atoms with Crippen molar-refractivity contribution >= 4 is 34.7 Å². The van der Waals surface area contributed by atoms with Crippen LogP contribution in [0.4, 0.5) is 22.9 Å². The Balaban J connectivity index is 1.66. The molecule has 0 bridgehead atoms. The molecule has 3 aromatic rings. The van der Waals surface area contributed by atoms with E-state index >= 15 is 0 Å². The number of nitrogens with one attached hydrogen (secondary N) is 3. The highest BCUT2D eigenvalue weighted by molar-refractivity contribution is 6.05. The van der Waals surface area contributed by atoms with Crippen LogP contribution < -0.4 is 16.0 Å². The molecule has 2 aromatic carbocycles. The van der Waals surface area contributed by atoms with Crippen LogP contribution in [0.3, 0.4) is 0 Å². The van der Waals surface area contributed by atoms with Crippen LogP contribution in [0.1, 0.15) is 22.8 Å². The third kappa shape index (κ3) is 4.92. The highest BCUT2D eigenvalue weighted by Gasteiger charge is 2.08. The number of rotatable bonds is 5. The Morgan fingerprint density at radius 2 is 1.63 bits per heavy atom. The lowest BCUT2D eigenvalue weighted by Gasteiger charge is -2.10. The largest absolute Gasteiger partial charge is 0.340 e. The number of nitrogens with zero attached hydrogens (tertiary/aromatic N) is 1. The van der Waals surface area contributed by atoms with E-state index in [0.717, 1.165) is 11.3 Å². The van der Waals surface area contributed by atoms with Crippen LogP contribution in [0.2, 0.25) is 0 Å². The summed E-state index contributed by atoms with van der Waals surface area (Å²) in [7, 11) is 0. The molecule has 0 saturated carbocycles. The van der Waals surface area contributed by atoms with E-state index in [1.54, 1.807) is 24.4 Å². The second-order valence-electron chi connectivity index (χ2n) is 6.09. The lowest BCUT2D eigenvalue weighted by Crippen LogP contribution is -2.13. The van der Waals surface area contributed by atoms with Crippen molar-refractivity contribution in [2.75, 3.05) is 16.0 Å². The molecule has 0 radical (unpaired) electrons. The van der Waals surface area contributed by atoms with E-state index in [1.807, 2.05) is 49.4 Å². The smallest absolute Gasteiger partial charge is 0.255 e. The first-order chi connectivity index (χ1) is 13.0.